The third-order valence-electron chi connectivity index (χ3n) is 1.26. The monoisotopic (exact) mass is 85.1 g/mol. The molecule has 6 heavy (non-hydrogen) atoms. The van der Waals surface area contributed by atoms with E-state index in [1.165, 1.54) is 0 Å². The van der Waals surface area contributed by atoms with Gasteiger partial charge < -0.3 is 5.11 Å². The summed E-state index contributed by atoms with van der Waals surface area (Å²) >= 11 is 0. The van der Waals surface area contributed by atoms with Gasteiger partial charge in [0.15, 0.2) is 0 Å². The summed E-state index contributed by atoms with van der Waals surface area (Å²) in [5.41, 5.74) is 0.222. The Hall–Kier alpha value is -0.0400. The summed E-state index contributed by atoms with van der Waals surface area (Å²) in [5, 5.41) is 8.43. The van der Waals surface area contributed by atoms with Crippen molar-refractivity contribution < 1.29 is 5.11 Å². The zero-order chi connectivity index (χ0) is 4.62. The highest BCUT2D eigenvalue weighted by Crippen LogP contribution is 2.42. The maximum absolute atomic E-state index is 8.43. The molecule has 1 aliphatic rings. The average molecular weight is 85.1 g/mol. The highest BCUT2D eigenvalue weighted by Gasteiger charge is 2.36. The maximum atomic E-state index is 8.43. The molecule has 35 valence electrons. The van der Waals surface area contributed by atoms with Gasteiger partial charge in [0.05, 0.1) is 0 Å². The van der Waals surface area contributed by atoms with Gasteiger partial charge >= 0.3 is 0 Å². The van der Waals surface area contributed by atoms with Crippen molar-refractivity contribution in [2.45, 2.75) is 13.3 Å². The van der Waals surface area contributed by atoms with Crippen molar-refractivity contribution in [1.29, 1.82) is 0 Å². The third kappa shape index (κ3) is 0.548. The van der Waals surface area contributed by atoms with E-state index in [4.69, 9.17) is 5.11 Å². The van der Waals surface area contributed by atoms with Crippen LogP contribution in [0.2, 0.25) is 0 Å². The molecule has 0 saturated heterocycles. The molecule has 0 aromatic rings. The van der Waals surface area contributed by atoms with E-state index in [1.807, 2.05) is 6.92 Å². The van der Waals surface area contributed by atoms with Crippen LogP contribution in [-0.4, -0.2) is 11.7 Å². The van der Waals surface area contributed by atoms with E-state index in [9.17, 15) is 0 Å². The summed E-state index contributed by atoms with van der Waals surface area (Å²) in [6.45, 7) is 2.38. The molecule has 1 aliphatic carbocycles. The molecule has 1 fully saturated rings. The standard InChI is InChI=1S/C5H9O/c1-5(4-6)2-3-5/h2,6H,3-4H2,1H3. The van der Waals surface area contributed by atoms with Crippen molar-refractivity contribution in [2.24, 2.45) is 5.41 Å². The maximum Gasteiger partial charge on any atom is 0.0487 e. The molecule has 1 atom stereocenters. The molecule has 1 saturated carbocycles. The van der Waals surface area contributed by atoms with Gasteiger partial charge in [-0.25, -0.2) is 0 Å². The Morgan fingerprint density at radius 3 is 2.50 bits per heavy atom. The first-order valence-electron chi connectivity index (χ1n) is 2.22. The predicted molar refractivity (Wildman–Crippen MR) is 24.1 cm³/mol. The van der Waals surface area contributed by atoms with Crippen molar-refractivity contribution >= 4 is 0 Å². The lowest BCUT2D eigenvalue weighted by molar-refractivity contribution is 0.232. The lowest BCUT2D eigenvalue weighted by Crippen LogP contribution is -1.97. The third-order valence-corrected chi connectivity index (χ3v) is 1.26. The van der Waals surface area contributed by atoms with Crippen molar-refractivity contribution in [1.82, 2.24) is 0 Å². The van der Waals surface area contributed by atoms with Gasteiger partial charge in [-0.05, 0) is 18.3 Å². The van der Waals surface area contributed by atoms with Crippen LogP contribution in [0.25, 0.3) is 0 Å². The number of aliphatic hydroxyl groups excluding tert-OH is 1. The van der Waals surface area contributed by atoms with Gasteiger partial charge in [-0.3, -0.25) is 0 Å². The Bertz CT molecular complexity index is 55.0. The fraction of sp³-hybridized carbons (Fsp3) is 0.800. The Kier molecular flexibility index (Phi) is 0.667. The molecule has 0 aromatic carbocycles. The van der Waals surface area contributed by atoms with E-state index in [2.05, 4.69) is 6.42 Å². The summed E-state index contributed by atoms with van der Waals surface area (Å²) in [4.78, 5) is 0. The van der Waals surface area contributed by atoms with Crippen LogP contribution in [0.3, 0.4) is 0 Å². The van der Waals surface area contributed by atoms with Gasteiger partial charge in [0.1, 0.15) is 0 Å². The molecule has 0 amide bonds. The highest BCUT2D eigenvalue weighted by molar-refractivity contribution is 5.06. The number of rotatable bonds is 1. The Labute approximate surface area is 38.0 Å². The molecular weight excluding hydrogens is 76.1 g/mol. The molecule has 1 heteroatoms. The van der Waals surface area contributed by atoms with Gasteiger partial charge in [-0.1, -0.05) is 6.92 Å². The van der Waals surface area contributed by atoms with Crippen LogP contribution in [0.4, 0.5) is 0 Å². The fourth-order valence-electron chi connectivity index (χ4n) is 0.303. The average Bonchev–Trinajstić information content (AvgIpc) is 2.22. The molecule has 1 rings (SSSR count). The summed E-state index contributed by atoms with van der Waals surface area (Å²) in [5.74, 6) is 0. The molecule has 1 N–H and O–H groups in total. The topological polar surface area (TPSA) is 20.2 Å². The van der Waals surface area contributed by atoms with Crippen LogP contribution in [0.1, 0.15) is 13.3 Å². The first-order valence-corrected chi connectivity index (χ1v) is 2.22. The second kappa shape index (κ2) is 0.969. The lowest BCUT2D eigenvalue weighted by atomic mass is 10.2. The molecule has 1 unspecified atom stereocenters. The van der Waals surface area contributed by atoms with Crippen LogP contribution < -0.4 is 0 Å². The van der Waals surface area contributed by atoms with Crippen LogP contribution in [0, 0.1) is 11.8 Å². The molecule has 0 aliphatic heterocycles. The van der Waals surface area contributed by atoms with Crippen LogP contribution >= 0.6 is 0 Å². The smallest absolute Gasteiger partial charge is 0.0487 e. The minimum Gasteiger partial charge on any atom is -0.396 e. The largest absolute Gasteiger partial charge is 0.396 e. The van der Waals surface area contributed by atoms with Crippen molar-refractivity contribution in [3.8, 4) is 0 Å². The number of hydrogen-bond acceptors (Lipinski definition) is 1. The zero-order valence-electron chi connectivity index (χ0n) is 3.94. The number of hydrogen-bond donors (Lipinski definition) is 1. The second-order valence-corrected chi connectivity index (χ2v) is 2.22. The molecule has 1 nitrogen and oxygen atoms in total. The summed E-state index contributed by atoms with van der Waals surface area (Å²) < 4.78 is 0. The highest BCUT2D eigenvalue weighted by atomic mass is 16.3. The van der Waals surface area contributed by atoms with Gasteiger partial charge in [-0.2, -0.15) is 0 Å². The normalized spacial score (nSPS) is 27.0. The Morgan fingerprint density at radius 2 is 2.50 bits per heavy atom. The Morgan fingerprint density at radius 1 is 2.00 bits per heavy atom. The summed E-state index contributed by atoms with van der Waals surface area (Å²) in [7, 11) is 0. The van der Waals surface area contributed by atoms with Crippen LogP contribution in [-0.2, 0) is 0 Å². The molecule has 0 bridgehead atoms. The fourth-order valence-corrected chi connectivity index (χ4v) is 0.303. The SMILES string of the molecule is CC1(CO)[CH]C1. The van der Waals surface area contributed by atoms with E-state index in [1.54, 1.807) is 0 Å². The van der Waals surface area contributed by atoms with E-state index >= 15 is 0 Å². The molecule has 0 aromatic heterocycles. The molecule has 0 heterocycles. The van der Waals surface area contributed by atoms with Crippen molar-refractivity contribution in [3.63, 3.8) is 0 Å². The summed E-state index contributed by atoms with van der Waals surface area (Å²) in [6.07, 6.45) is 3.22. The molecule has 1 radical (unpaired) electrons. The van der Waals surface area contributed by atoms with Crippen LogP contribution in [0.15, 0.2) is 0 Å². The minimum atomic E-state index is 0.222. The Balaban J connectivity index is 2.28. The van der Waals surface area contributed by atoms with Gasteiger partial charge in [-0.15, -0.1) is 0 Å². The minimum absolute atomic E-state index is 0.222. The van der Waals surface area contributed by atoms with E-state index in [0.717, 1.165) is 6.42 Å². The molecule has 0 spiro atoms. The number of aliphatic hydroxyl groups is 1. The van der Waals surface area contributed by atoms with Gasteiger partial charge in [0, 0.05) is 6.61 Å². The van der Waals surface area contributed by atoms with Gasteiger partial charge in [0.25, 0.3) is 0 Å². The zero-order valence-corrected chi connectivity index (χ0v) is 3.94. The summed E-state index contributed by atoms with van der Waals surface area (Å²) in [6, 6.07) is 0. The van der Waals surface area contributed by atoms with E-state index in [-0.39, 0.29) is 5.41 Å². The van der Waals surface area contributed by atoms with Crippen LogP contribution in [0.5, 0.6) is 0 Å². The second-order valence-electron chi connectivity index (χ2n) is 2.22. The molecular formula is C5H9O. The van der Waals surface area contributed by atoms with Crippen molar-refractivity contribution in [3.05, 3.63) is 6.42 Å². The van der Waals surface area contributed by atoms with E-state index < -0.39 is 0 Å². The van der Waals surface area contributed by atoms with Gasteiger partial charge in [0.2, 0.25) is 0 Å². The quantitative estimate of drug-likeness (QED) is 0.494. The predicted octanol–water partition coefficient (Wildman–Crippen LogP) is 0.593. The first kappa shape index (κ1) is 4.13. The lowest BCUT2D eigenvalue weighted by Gasteiger charge is -1.95. The van der Waals surface area contributed by atoms with E-state index in [0.29, 0.717) is 6.61 Å². The first-order chi connectivity index (χ1) is 2.77. The van der Waals surface area contributed by atoms with Crippen molar-refractivity contribution in [2.75, 3.05) is 6.61 Å².